The summed E-state index contributed by atoms with van der Waals surface area (Å²) < 4.78 is 1.44. The molecule has 1 aromatic carbocycles. The largest absolute Gasteiger partial charge is 0.334 e. The van der Waals surface area contributed by atoms with Crippen molar-refractivity contribution < 1.29 is 4.79 Å². The number of hydrogen-bond donors (Lipinski definition) is 1. The highest BCUT2D eigenvalue weighted by atomic mass is 16.2. The molecule has 1 aromatic heterocycles. The van der Waals surface area contributed by atoms with Crippen LogP contribution in [0.15, 0.2) is 35.1 Å². The Balaban J connectivity index is 1.89. The molecule has 5 nitrogen and oxygen atoms in total. The van der Waals surface area contributed by atoms with Crippen LogP contribution in [0.25, 0.3) is 5.69 Å². The van der Waals surface area contributed by atoms with E-state index in [9.17, 15) is 9.59 Å². The van der Waals surface area contributed by atoms with E-state index in [1.54, 1.807) is 0 Å². The fourth-order valence-electron chi connectivity index (χ4n) is 3.41. The molecule has 1 aliphatic heterocycles. The maximum atomic E-state index is 12.9. The van der Waals surface area contributed by atoms with Crippen LogP contribution in [0.1, 0.15) is 55.1 Å². The SMILES string of the molecule is CCC1CCCCCN1C(=O)c1cc(=O)n(-c2ccc(C)cc2)[nH]1. The van der Waals surface area contributed by atoms with E-state index in [1.165, 1.54) is 23.6 Å². The molecular weight excluding hydrogens is 302 g/mol. The molecule has 5 heteroatoms. The van der Waals surface area contributed by atoms with Gasteiger partial charge in [0.2, 0.25) is 0 Å². The van der Waals surface area contributed by atoms with Gasteiger partial charge < -0.3 is 4.90 Å². The van der Waals surface area contributed by atoms with Gasteiger partial charge in [0.25, 0.3) is 11.5 Å². The molecule has 1 aliphatic rings. The van der Waals surface area contributed by atoms with Crippen LogP contribution in [0.5, 0.6) is 0 Å². The normalized spacial score (nSPS) is 18.4. The second kappa shape index (κ2) is 7.07. The lowest BCUT2D eigenvalue weighted by Gasteiger charge is -2.28. The van der Waals surface area contributed by atoms with E-state index in [4.69, 9.17) is 0 Å². The standard InChI is InChI=1S/C19H25N3O2/c1-3-15-7-5-4-6-12-21(15)19(24)17-13-18(23)22(20-17)16-10-8-14(2)9-11-16/h8-11,13,15,20H,3-7,12H2,1-2H3. The maximum absolute atomic E-state index is 12.9. The number of nitrogens with one attached hydrogen (secondary N) is 1. The van der Waals surface area contributed by atoms with Crippen LogP contribution in [0.3, 0.4) is 0 Å². The molecule has 2 aromatic rings. The minimum Gasteiger partial charge on any atom is -0.334 e. The fraction of sp³-hybridized carbons (Fsp3) is 0.474. The zero-order valence-electron chi connectivity index (χ0n) is 14.4. The summed E-state index contributed by atoms with van der Waals surface area (Å²) in [5.74, 6) is -0.0632. The Morgan fingerprint density at radius 2 is 1.96 bits per heavy atom. The van der Waals surface area contributed by atoms with Gasteiger partial charge in [-0.05, 0) is 38.3 Å². The van der Waals surface area contributed by atoms with E-state index in [0.29, 0.717) is 5.69 Å². The third-order valence-corrected chi connectivity index (χ3v) is 4.85. The number of likely N-dealkylation sites (tertiary alicyclic amines) is 1. The first-order valence-corrected chi connectivity index (χ1v) is 8.80. The molecule has 0 saturated carbocycles. The first-order chi connectivity index (χ1) is 11.6. The summed E-state index contributed by atoms with van der Waals surface area (Å²) in [4.78, 5) is 27.2. The molecule has 0 spiro atoms. The zero-order valence-corrected chi connectivity index (χ0v) is 14.4. The van der Waals surface area contributed by atoms with E-state index in [0.717, 1.165) is 37.1 Å². The van der Waals surface area contributed by atoms with Gasteiger partial charge in [0.15, 0.2) is 0 Å². The van der Waals surface area contributed by atoms with Gasteiger partial charge in [-0.3, -0.25) is 14.7 Å². The van der Waals surface area contributed by atoms with Crippen LogP contribution in [0.2, 0.25) is 0 Å². The van der Waals surface area contributed by atoms with Crippen LogP contribution < -0.4 is 5.56 Å². The van der Waals surface area contributed by atoms with Crippen molar-refractivity contribution in [3.8, 4) is 5.69 Å². The summed E-state index contributed by atoms with van der Waals surface area (Å²) in [5.41, 5.74) is 2.04. The van der Waals surface area contributed by atoms with Crippen molar-refractivity contribution in [2.24, 2.45) is 0 Å². The number of rotatable bonds is 3. The van der Waals surface area contributed by atoms with Crippen LogP contribution in [-0.2, 0) is 0 Å². The number of aromatic amines is 1. The minimum absolute atomic E-state index is 0.0632. The first-order valence-electron chi connectivity index (χ1n) is 8.80. The Labute approximate surface area is 142 Å². The van der Waals surface area contributed by atoms with Gasteiger partial charge in [-0.15, -0.1) is 0 Å². The molecule has 128 valence electrons. The topological polar surface area (TPSA) is 58.1 Å². The van der Waals surface area contributed by atoms with Gasteiger partial charge in [-0.25, -0.2) is 4.68 Å². The van der Waals surface area contributed by atoms with Crippen molar-refractivity contribution in [1.82, 2.24) is 14.7 Å². The Morgan fingerprint density at radius 1 is 1.21 bits per heavy atom. The van der Waals surface area contributed by atoms with Crippen molar-refractivity contribution in [3.05, 3.63) is 51.9 Å². The number of aromatic nitrogens is 2. The maximum Gasteiger partial charge on any atom is 0.272 e. The molecule has 1 amide bonds. The van der Waals surface area contributed by atoms with E-state index < -0.39 is 0 Å². The number of nitrogens with zero attached hydrogens (tertiary/aromatic N) is 2. The fourth-order valence-corrected chi connectivity index (χ4v) is 3.41. The van der Waals surface area contributed by atoms with Gasteiger partial charge in [0.05, 0.1) is 5.69 Å². The predicted octanol–water partition coefficient (Wildman–Crippen LogP) is 3.27. The summed E-state index contributed by atoms with van der Waals surface area (Å²) >= 11 is 0. The van der Waals surface area contributed by atoms with E-state index in [1.807, 2.05) is 36.1 Å². The van der Waals surface area contributed by atoms with E-state index in [-0.39, 0.29) is 17.5 Å². The summed E-state index contributed by atoms with van der Waals surface area (Å²) in [6.07, 6.45) is 5.37. The molecule has 24 heavy (non-hydrogen) atoms. The monoisotopic (exact) mass is 327 g/mol. The molecule has 0 aliphatic carbocycles. The molecule has 0 radical (unpaired) electrons. The average Bonchev–Trinajstić information content (AvgIpc) is 2.82. The summed E-state index contributed by atoms with van der Waals surface area (Å²) in [6, 6.07) is 9.34. The Morgan fingerprint density at radius 3 is 2.67 bits per heavy atom. The molecule has 0 bridgehead atoms. The lowest BCUT2D eigenvalue weighted by molar-refractivity contribution is 0.0671. The van der Waals surface area contributed by atoms with Crippen molar-refractivity contribution in [1.29, 1.82) is 0 Å². The molecular formula is C19H25N3O2. The lowest BCUT2D eigenvalue weighted by atomic mass is 10.1. The molecule has 2 heterocycles. The van der Waals surface area contributed by atoms with Crippen molar-refractivity contribution in [2.75, 3.05) is 6.54 Å². The number of aryl methyl sites for hydroxylation is 1. The Kier molecular flexibility index (Phi) is 4.88. The highest BCUT2D eigenvalue weighted by Crippen LogP contribution is 2.21. The Bertz CT molecular complexity index is 758. The number of benzene rings is 1. The smallest absolute Gasteiger partial charge is 0.272 e. The molecule has 3 rings (SSSR count). The molecule has 1 N–H and O–H groups in total. The second-order valence-electron chi connectivity index (χ2n) is 6.59. The quantitative estimate of drug-likeness (QED) is 0.940. The van der Waals surface area contributed by atoms with Crippen LogP contribution in [0.4, 0.5) is 0 Å². The molecule has 1 atom stereocenters. The third-order valence-electron chi connectivity index (χ3n) is 4.85. The highest BCUT2D eigenvalue weighted by molar-refractivity contribution is 5.92. The van der Waals surface area contributed by atoms with Crippen LogP contribution in [0, 0.1) is 6.92 Å². The van der Waals surface area contributed by atoms with Crippen molar-refractivity contribution >= 4 is 5.91 Å². The number of amides is 1. The first kappa shape index (κ1) is 16.6. The third kappa shape index (κ3) is 3.30. The van der Waals surface area contributed by atoms with Gasteiger partial charge in [0, 0.05) is 18.7 Å². The average molecular weight is 327 g/mol. The predicted molar refractivity (Wildman–Crippen MR) is 94.7 cm³/mol. The second-order valence-corrected chi connectivity index (χ2v) is 6.59. The van der Waals surface area contributed by atoms with Gasteiger partial charge in [-0.2, -0.15) is 0 Å². The molecule has 1 fully saturated rings. The minimum atomic E-state index is -0.204. The number of carbonyl (C=O) groups excluding carboxylic acids is 1. The Hall–Kier alpha value is -2.30. The highest BCUT2D eigenvalue weighted by Gasteiger charge is 2.26. The molecule has 1 unspecified atom stereocenters. The number of H-pyrrole nitrogens is 1. The van der Waals surface area contributed by atoms with Crippen LogP contribution in [-0.4, -0.2) is 33.2 Å². The van der Waals surface area contributed by atoms with Gasteiger partial charge in [-0.1, -0.05) is 37.5 Å². The van der Waals surface area contributed by atoms with Gasteiger partial charge >= 0.3 is 0 Å². The van der Waals surface area contributed by atoms with Crippen LogP contribution >= 0.6 is 0 Å². The molecule has 1 saturated heterocycles. The summed E-state index contributed by atoms with van der Waals surface area (Å²) in [6.45, 7) is 4.89. The van der Waals surface area contributed by atoms with Crippen molar-refractivity contribution in [3.63, 3.8) is 0 Å². The number of hydrogen-bond acceptors (Lipinski definition) is 2. The summed E-state index contributed by atoms with van der Waals surface area (Å²) in [5, 5.41) is 2.99. The van der Waals surface area contributed by atoms with E-state index in [2.05, 4.69) is 12.0 Å². The van der Waals surface area contributed by atoms with Gasteiger partial charge in [0.1, 0.15) is 5.69 Å². The van der Waals surface area contributed by atoms with Crippen molar-refractivity contribution in [2.45, 2.75) is 52.0 Å². The number of carbonyl (C=O) groups is 1. The lowest BCUT2D eigenvalue weighted by Crippen LogP contribution is -2.39. The van der Waals surface area contributed by atoms with E-state index >= 15 is 0 Å². The zero-order chi connectivity index (χ0) is 17.1. The summed E-state index contributed by atoms with van der Waals surface area (Å²) in [7, 11) is 0.